The SMILES string of the molecule is CCC(C#N)N(C)CC1CCOCC1. The molecule has 0 bridgehead atoms. The number of nitriles is 1. The summed E-state index contributed by atoms with van der Waals surface area (Å²) in [4.78, 5) is 2.18. The summed E-state index contributed by atoms with van der Waals surface area (Å²) >= 11 is 0. The summed E-state index contributed by atoms with van der Waals surface area (Å²) < 4.78 is 5.31. The molecule has 0 amide bonds. The van der Waals surface area contributed by atoms with Gasteiger partial charge in [-0.15, -0.1) is 0 Å². The molecule has 1 unspecified atom stereocenters. The number of hydrogen-bond donors (Lipinski definition) is 0. The summed E-state index contributed by atoms with van der Waals surface area (Å²) in [7, 11) is 2.05. The Morgan fingerprint density at radius 3 is 2.64 bits per heavy atom. The molecule has 1 rings (SSSR count). The van der Waals surface area contributed by atoms with Gasteiger partial charge >= 0.3 is 0 Å². The van der Waals surface area contributed by atoms with Gasteiger partial charge in [-0.2, -0.15) is 5.26 Å². The van der Waals surface area contributed by atoms with Crippen molar-refractivity contribution >= 4 is 0 Å². The van der Waals surface area contributed by atoms with E-state index < -0.39 is 0 Å². The second-order valence-corrected chi connectivity index (χ2v) is 4.05. The van der Waals surface area contributed by atoms with Crippen LogP contribution in [0.2, 0.25) is 0 Å². The Morgan fingerprint density at radius 1 is 1.50 bits per heavy atom. The molecule has 1 atom stereocenters. The van der Waals surface area contributed by atoms with Crippen LogP contribution in [0.3, 0.4) is 0 Å². The summed E-state index contributed by atoms with van der Waals surface area (Å²) in [6.07, 6.45) is 3.20. The van der Waals surface area contributed by atoms with Crippen molar-refractivity contribution in [3.05, 3.63) is 0 Å². The summed E-state index contributed by atoms with van der Waals surface area (Å²) in [5.41, 5.74) is 0. The molecule has 0 aliphatic carbocycles. The molecule has 0 spiro atoms. The maximum absolute atomic E-state index is 8.91. The Labute approximate surface area is 86.6 Å². The van der Waals surface area contributed by atoms with Gasteiger partial charge < -0.3 is 4.74 Å². The zero-order valence-electron chi connectivity index (χ0n) is 9.20. The fourth-order valence-electron chi connectivity index (χ4n) is 1.97. The Bertz CT molecular complexity index is 194. The van der Waals surface area contributed by atoms with Crippen molar-refractivity contribution in [3.63, 3.8) is 0 Å². The molecule has 80 valence electrons. The monoisotopic (exact) mass is 196 g/mol. The highest BCUT2D eigenvalue weighted by Crippen LogP contribution is 2.16. The average molecular weight is 196 g/mol. The van der Waals surface area contributed by atoms with Gasteiger partial charge in [0.25, 0.3) is 0 Å². The number of ether oxygens (including phenoxy) is 1. The molecule has 1 saturated heterocycles. The molecule has 0 aromatic rings. The van der Waals surface area contributed by atoms with Gasteiger partial charge in [0.15, 0.2) is 0 Å². The highest BCUT2D eigenvalue weighted by molar-refractivity contribution is 4.90. The van der Waals surface area contributed by atoms with E-state index in [9.17, 15) is 0 Å². The normalized spacial score (nSPS) is 20.7. The minimum Gasteiger partial charge on any atom is -0.381 e. The van der Waals surface area contributed by atoms with Gasteiger partial charge in [0, 0.05) is 19.8 Å². The van der Waals surface area contributed by atoms with Crippen molar-refractivity contribution in [1.82, 2.24) is 4.90 Å². The Hall–Kier alpha value is -0.590. The lowest BCUT2D eigenvalue weighted by molar-refractivity contribution is 0.0530. The smallest absolute Gasteiger partial charge is 0.0972 e. The van der Waals surface area contributed by atoms with Crippen molar-refractivity contribution < 1.29 is 4.74 Å². The molecule has 14 heavy (non-hydrogen) atoms. The van der Waals surface area contributed by atoms with Gasteiger partial charge in [-0.1, -0.05) is 6.92 Å². The Kier molecular flexibility index (Phi) is 4.92. The molecule has 0 aromatic heterocycles. The molecule has 1 aliphatic rings. The quantitative estimate of drug-likeness (QED) is 0.686. The second kappa shape index (κ2) is 6.00. The molecule has 3 heteroatoms. The summed E-state index contributed by atoms with van der Waals surface area (Å²) in [5.74, 6) is 0.719. The van der Waals surface area contributed by atoms with Gasteiger partial charge in [0.2, 0.25) is 0 Å². The van der Waals surface area contributed by atoms with E-state index in [1.54, 1.807) is 0 Å². The van der Waals surface area contributed by atoms with Crippen molar-refractivity contribution in [2.24, 2.45) is 5.92 Å². The predicted octanol–water partition coefficient (Wildman–Crippen LogP) is 1.65. The lowest BCUT2D eigenvalue weighted by Crippen LogP contribution is -2.36. The maximum atomic E-state index is 8.91. The Balaban J connectivity index is 2.31. The van der Waals surface area contributed by atoms with Gasteiger partial charge in [-0.3, -0.25) is 4.90 Å². The second-order valence-electron chi connectivity index (χ2n) is 4.05. The lowest BCUT2D eigenvalue weighted by Gasteiger charge is -2.29. The fourth-order valence-corrected chi connectivity index (χ4v) is 1.97. The average Bonchev–Trinajstić information content (AvgIpc) is 2.21. The first-order chi connectivity index (χ1) is 6.77. The van der Waals surface area contributed by atoms with Crippen molar-refractivity contribution in [3.8, 4) is 6.07 Å². The van der Waals surface area contributed by atoms with Crippen LogP contribution in [0, 0.1) is 17.2 Å². The number of rotatable bonds is 4. The van der Waals surface area contributed by atoms with Crippen molar-refractivity contribution in [2.45, 2.75) is 32.2 Å². The van der Waals surface area contributed by atoms with E-state index in [1.807, 2.05) is 7.05 Å². The molecule has 0 aromatic carbocycles. The van der Waals surface area contributed by atoms with E-state index in [4.69, 9.17) is 10.00 Å². The minimum atomic E-state index is 0.0813. The first-order valence-electron chi connectivity index (χ1n) is 5.45. The first-order valence-corrected chi connectivity index (χ1v) is 5.45. The van der Waals surface area contributed by atoms with Crippen LogP contribution in [-0.4, -0.2) is 37.7 Å². The van der Waals surface area contributed by atoms with Crippen LogP contribution in [0.4, 0.5) is 0 Å². The third-order valence-electron chi connectivity index (χ3n) is 2.95. The number of hydrogen-bond acceptors (Lipinski definition) is 3. The largest absolute Gasteiger partial charge is 0.381 e. The zero-order chi connectivity index (χ0) is 10.4. The van der Waals surface area contributed by atoms with Crippen LogP contribution >= 0.6 is 0 Å². The van der Waals surface area contributed by atoms with Crippen molar-refractivity contribution in [2.75, 3.05) is 26.8 Å². The zero-order valence-corrected chi connectivity index (χ0v) is 9.20. The lowest BCUT2D eigenvalue weighted by atomic mass is 9.99. The molecule has 1 fully saturated rings. The number of nitrogens with zero attached hydrogens (tertiary/aromatic N) is 2. The molecular formula is C11H20N2O. The van der Waals surface area contributed by atoms with Crippen LogP contribution in [0.5, 0.6) is 0 Å². The molecular weight excluding hydrogens is 176 g/mol. The predicted molar refractivity (Wildman–Crippen MR) is 55.9 cm³/mol. The third-order valence-corrected chi connectivity index (χ3v) is 2.95. The Morgan fingerprint density at radius 2 is 2.14 bits per heavy atom. The van der Waals surface area contributed by atoms with E-state index >= 15 is 0 Å². The maximum Gasteiger partial charge on any atom is 0.0972 e. The molecule has 0 N–H and O–H groups in total. The summed E-state index contributed by atoms with van der Waals surface area (Å²) in [5, 5.41) is 8.91. The molecule has 1 heterocycles. The third kappa shape index (κ3) is 3.28. The van der Waals surface area contributed by atoms with Crippen LogP contribution in [0.1, 0.15) is 26.2 Å². The minimum absolute atomic E-state index is 0.0813. The van der Waals surface area contributed by atoms with E-state index in [-0.39, 0.29) is 6.04 Å². The highest BCUT2D eigenvalue weighted by Gasteiger charge is 2.19. The van der Waals surface area contributed by atoms with Gasteiger partial charge in [0.1, 0.15) is 0 Å². The molecule has 3 nitrogen and oxygen atoms in total. The standard InChI is InChI=1S/C11H20N2O/c1-3-11(8-12)13(2)9-10-4-6-14-7-5-10/h10-11H,3-7,9H2,1-2H3. The van der Waals surface area contributed by atoms with Gasteiger partial charge in [-0.25, -0.2) is 0 Å². The van der Waals surface area contributed by atoms with E-state index in [0.717, 1.165) is 44.9 Å². The first kappa shape index (κ1) is 11.5. The molecule has 0 radical (unpaired) electrons. The summed E-state index contributed by atoms with van der Waals surface area (Å²) in [6, 6.07) is 2.42. The van der Waals surface area contributed by atoms with Crippen LogP contribution < -0.4 is 0 Å². The van der Waals surface area contributed by atoms with E-state index in [1.165, 1.54) is 0 Å². The molecule has 0 saturated carbocycles. The van der Waals surface area contributed by atoms with Crippen LogP contribution in [0.15, 0.2) is 0 Å². The van der Waals surface area contributed by atoms with Gasteiger partial charge in [-0.05, 0) is 32.2 Å². The molecule has 1 aliphatic heterocycles. The van der Waals surface area contributed by atoms with Gasteiger partial charge in [0.05, 0.1) is 12.1 Å². The highest BCUT2D eigenvalue weighted by atomic mass is 16.5. The topological polar surface area (TPSA) is 36.3 Å². The fraction of sp³-hybridized carbons (Fsp3) is 0.909. The van der Waals surface area contributed by atoms with Crippen molar-refractivity contribution in [1.29, 1.82) is 5.26 Å². The summed E-state index contributed by atoms with van der Waals surface area (Å²) in [6.45, 7) is 4.88. The van der Waals surface area contributed by atoms with Crippen LogP contribution in [0.25, 0.3) is 0 Å². The van der Waals surface area contributed by atoms with E-state index in [2.05, 4.69) is 17.9 Å². The van der Waals surface area contributed by atoms with Crippen LogP contribution in [-0.2, 0) is 4.74 Å². The van der Waals surface area contributed by atoms with E-state index in [0.29, 0.717) is 0 Å².